The average molecular weight is 405 g/mol. The number of carbonyl (C=O) groups is 1. The van der Waals surface area contributed by atoms with Crippen molar-refractivity contribution in [2.45, 2.75) is 72.4 Å². The molecule has 1 amide bonds. The monoisotopic (exact) mass is 404 g/mol. The first-order valence-electron chi connectivity index (χ1n) is 10.5. The van der Waals surface area contributed by atoms with Crippen molar-refractivity contribution >= 4 is 11.6 Å². The van der Waals surface area contributed by atoms with Crippen LogP contribution < -0.4 is 5.73 Å². The molecular weight excluding hydrogens is 364 g/mol. The Morgan fingerprint density at radius 1 is 1.28 bits per heavy atom. The maximum absolute atomic E-state index is 11.9. The van der Waals surface area contributed by atoms with Crippen LogP contribution in [0.1, 0.15) is 60.3 Å². The smallest absolute Gasteiger partial charge is 0.226 e. The van der Waals surface area contributed by atoms with Crippen molar-refractivity contribution in [2.75, 3.05) is 6.61 Å². The lowest BCUT2D eigenvalue weighted by molar-refractivity contribution is -0.119. The van der Waals surface area contributed by atoms with Crippen LogP contribution in [-0.4, -0.2) is 40.6 Å². The number of aliphatic hydroxyl groups is 2. The molecule has 5 heteroatoms. The Balaban J connectivity index is 5.76. The summed E-state index contributed by atoms with van der Waals surface area (Å²) >= 11 is 0. The zero-order chi connectivity index (χ0) is 22.4. The summed E-state index contributed by atoms with van der Waals surface area (Å²) < 4.78 is 0. The zero-order valence-corrected chi connectivity index (χ0v) is 18.8. The fourth-order valence-corrected chi connectivity index (χ4v) is 3.09. The van der Waals surface area contributed by atoms with Gasteiger partial charge in [-0.05, 0) is 49.8 Å². The highest BCUT2D eigenvalue weighted by Gasteiger charge is 2.24. The quantitative estimate of drug-likeness (QED) is 0.300. The van der Waals surface area contributed by atoms with Crippen molar-refractivity contribution in [2.24, 2.45) is 22.6 Å². The maximum Gasteiger partial charge on any atom is 0.226 e. The molecule has 4 atom stereocenters. The molecule has 0 aromatic rings. The van der Waals surface area contributed by atoms with Crippen molar-refractivity contribution in [1.82, 2.24) is 0 Å². The van der Waals surface area contributed by atoms with Crippen LogP contribution in [0.25, 0.3) is 0 Å². The van der Waals surface area contributed by atoms with E-state index in [1.807, 2.05) is 39.0 Å². The van der Waals surface area contributed by atoms with Crippen molar-refractivity contribution in [3.63, 3.8) is 0 Å². The zero-order valence-electron chi connectivity index (χ0n) is 18.8. The molecule has 0 aromatic carbocycles. The molecule has 0 radical (unpaired) electrons. The molecule has 0 bridgehead atoms. The van der Waals surface area contributed by atoms with Gasteiger partial charge in [0, 0.05) is 5.71 Å². The predicted octanol–water partition coefficient (Wildman–Crippen LogP) is 4.12. The van der Waals surface area contributed by atoms with Crippen molar-refractivity contribution in [3.05, 3.63) is 48.1 Å². The van der Waals surface area contributed by atoms with Crippen LogP contribution in [0.5, 0.6) is 0 Å². The summed E-state index contributed by atoms with van der Waals surface area (Å²) in [7, 11) is 0. The molecule has 0 aromatic heterocycles. The van der Waals surface area contributed by atoms with Gasteiger partial charge < -0.3 is 15.9 Å². The third-order valence-corrected chi connectivity index (χ3v) is 4.98. The minimum atomic E-state index is -0.783. The van der Waals surface area contributed by atoms with Gasteiger partial charge in [0.1, 0.15) is 0 Å². The van der Waals surface area contributed by atoms with Gasteiger partial charge in [-0.25, -0.2) is 0 Å². The molecule has 4 unspecified atom stereocenters. The number of hydrogen-bond acceptors (Lipinski definition) is 4. The molecule has 164 valence electrons. The minimum Gasteiger partial charge on any atom is -0.394 e. The first-order chi connectivity index (χ1) is 13.7. The van der Waals surface area contributed by atoms with Gasteiger partial charge in [-0.15, -0.1) is 0 Å². The number of amides is 1. The molecule has 0 rings (SSSR count). The molecule has 0 saturated carbocycles. The van der Waals surface area contributed by atoms with Gasteiger partial charge in [0.2, 0.25) is 5.91 Å². The van der Waals surface area contributed by atoms with E-state index in [2.05, 4.69) is 25.4 Å². The lowest BCUT2D eigenvalue weighted by Gasteiger charge is -2.23. The van der Waals surface area contributed by atoms with Crippen molar-refractivity contribution < 1.29 is 15.0 Å². The molecule has 0 fully saturated rings. The van der Waals surface area contributed by atoms with Gasteiger partial charge in [0.25, 0.3) is 0 Å². The molecule has 0 aliphatic carbocycles. The highest BCUT2D eigenvalue weighted by atomic mass is 16.3. The summed E-state index contributed by atoms with van der Waals surface area (Å²) in [6, 6.07) is -0.699. The Kier molecular flexibility index (Phi) is 13.9. The van der Waals surface area contributed by atoms with E-state index < -0.39 is 24.0 Å². The molecule has 0 saturated heterocycles. The minimum absolute atomic E-state index is 0.298. The Morgan fingerprint density at radius 2 is 1.93 bits per heavy atom. The lowest BCUT2D eigenvalue weighted by Crippen LogP contribution is -2.34. The fraction of sp³-hybridized carbons (Fsp3) is 0.583. The first-order valence-corrected chi connectivity index (χ1v) is 10.5. The van der Waals surface area contributed by atoms with Gasteiger partial charge >= 0.3 is 0 Å². The third kappa shape index (κ3) is 10.4. The standard InChI is InChI=1S/C24H40N2O3/c1-7-10-12-18(5)19(6)13-14-21(20(9-3)24(25)29)26-22(16-27)23(28)15-17(4)11-8-2/h7,10,12-14,17,20,22-23,27-28H,6,8-9,11,15-16H2,1-5H3,(H2,25,29)/b10-7?,14-13+,18-12+,26-21?. The van der Waals surface area contributed by atoms with Gasteiger partial charge in [0.15, 0.2) is 0 Å². The second-order valence-electron chi connectivity index (χ2n) is 7.60. The average Bonchev–Trinajstić information content (AvgIpc) is 2.67. The summed E-state index contributed by atoms with van der Waals surface area (Å²) in [5.41, 5.74) is 7.80. The normalized spacial score (nSPS) is 17.5. The van der Waals surface area contributed by atoms with Crippen LogP contribution in [-0.2, 0) is 4.79 Å². The van der Waals surface area contributed by atoms with Crippen LogP contribution in [0, 0.1) is 11.8 Å². The van der Waals surface area contributed by atoms with Crippen molar-refractivity contribution in [1.29, 1.82) is 0 Å². The highest BCUT2D eigenvalue weighted by Crippen LogP contribution is 2.18. The lowest BCUT2D eigenvalue weighted by atomic mass is 9.94. The van der Waals surface area contributed by atoms with E-state index >= 15 is 0 Å². The fourth-order valence-electron chi connectivity index (χ4n) is 3.09. The second kappa shape index (κ2) is 14.9. The van der Waals surface area contributed by atoms with Crippen molar-refractivity contribution in [3.8, 4) is 0 Å². The van der Waals surface area contributed by atoms with E-state index in [0.717, 1.165) is 24.0 Å². The van der Waals surface area contributed by atoms with Gasteiger partial charge in [-0.1, -0.05) is 64.5 Å². The largest absolute Gasteiger partial charge is 0.394 e. The van der Waals surface area contributed by atoms with E-state index in [4.69, 9.17) is 5.73 Å². The van der Waals surface area contributed by atoms with E-state index in [0.29, 0.717) is 24.5 Å². The summed E-state index contributed by atoms with van der Waals surface area (Å²) in [5, 5.41) is 20.4. The summed E-state index contributed by atoms with van der Waals surface area (Å²) in [5.74, 6) is -0.739. The van der Waals surface area contributed by atoms with Gasteiger partial charge in [0.05, 0.1) is 24.7 Å². The van der Waals surface area contributed by atoms with Crippen LogP contribution in [0.3, 0.4) is 0 Å². The van der Waals surface area contributed by atoms with E-state index in [9.17, 15) is 15.0 Å². The number of primary amides is 1. The molecule has 0 aliphatic rings. The molecule has 29 heavy (non-hydrogen) atoms. The Morgan fingerprint density at radius 3 is 2.41 bits per heavy atom. The van der Waals surface area contributed by atoms with Gasteiger partial charge in [-0.2, -0.15) is 0 Å². The topological polar surface area (TPSA) is 95.9 Å². The van der Waals surface area contributed by atoms with Crippen LogP contribution in [0.15, 0.2) is 53.1 Å². The number of aliphatic hydroxyl groups excluding tert-OH is 2. The number of aliphatic imine (C=N–C) groups is 1. The molecule has 5 nitrogen and oxygen atoms in total. The Bertz CT molecular complexity index is 632. The van der Waals surface area contributed by atoms with E-state index in [1.165, 1.54) is 0 Å². The highest BCUT2D eigenvalue weighted by molar-refractivity contribution is 6.09. The van der Waals surface area contributed by atoms with E-state index in [-0.39, 0.29) is 6.61 Å². The maximum atomic E-state index is 11.9. The van der Waals surface area contributed by atoms with Crippen LogP contribution >= 0.6 is 0 Å². The van der Waals surface area contributed by atoms with Gasteiger partial charge in [-0.3, -0.25) is 9.79 Å². The summed E-state index contributed by atoms with van der Waals surface area (Å²) in [6.45, 7) is 13.7. The molecule has 0 heterocycles. The number of nitrogens with two attached hydrogens (primary N) is 1. The third-order valence-electron chi connectivity index (χ3n) is 4.98. The molecule has 0 aliphatic heterocycles. The summed E-state index contributed by atoms with van der Waals surface area (Å²) in [4.78, 5) is 16.5. The number of hydrogen-bond donors (Lipinski definition) is 3. The molecule has 4 N–H and O–H groups in total. The number of nitrogens with zero attached hydrogens (tertiary/aromatic N) is 1. The molecular formula is C24H40N2O3. The molecule has 0 spiro atoms. The van der Waals surface area contributed by atoms with E-state index in [1.54, 1.807) is 12.2 Å². The number of rotatable bonds is 14. The Hall–Kier alpha value is -1.98. The Labute approximate surface area is 176 Å². The van der Waals surface area contributed by atoms with Crippen LogP contribution in [0.2, 0.25) is 0 Å². The predicted molar refractivity (Wildman–Crippen MR) is 123 cm³/mol. The first kappa shape index (κ1) is 27.0. The second-order valence-corrected chi connectivity index (χ2v) is 7.60. The SMILES string of the molecule is C=C(/C=C/C(=NC(CO)C(O)CC(C)CCC)C(CC)C(N)=O)/C(C)=C/C=CC. The number of carbonyl (C=O) groups excluding carboxylic acids is 1. The van der Waals surface area contributed by atoms with Crippen LogP contribution in [0.4, 0.5) is 0 Å². The summed E-state index contributed by atoms with van der Waals surface area (Å²) in [6.07, 6.45) is 11.6. The number of allylic oxidation sites excluding steroid dienone is 7.